The highest BCUT2D eigenvalue weighted by atomic mass is 16.5. The van der Waals surface area contributed by atoms with Crippen molar-refractivity contribution in [3.05, 3.63) is 46.2 Å². The smallest absolute Gasteiger partial charge is 0.438 e. The molecule has 102 valence electrons. The highest BCUT2D eigenvalue weighted by Crippen LogP contribution is 2.17. The lowest BCUT2D eigenvalue weighted by molar-refractivity contribution is 0.379. The second-order valence-electron chi connectivity index (χ2n) is 4.74. The molecule has 0 saturated heterocycles. The molecule has 19 heavy (non-hydrogen) atoms. The van der Waals surface area contributed by atoms with Gasteiger partial charge >= 0.3 is 5.76 Å². The van der Waals surface area contributed by atoms with E-state index in [1.807, 2.05) is 12.1 Å². The van der Waals surface area contributed by atoms with Crippen molar-refractivity contribution in [3.63, 3.8) is 0 Å². The predicted molar refractivity (Wildman–Crippen MR) is 71.3 cm³/mol. The summed E-state index contributed by atoms with van der Waals surface area (Å²) in [5, 5.41) is 3.66. The first-order chi connectivity index (χ1) is 9.17. The Bertz CT molecular complexity index is 557. The highest BCUT2D eigenvalue weighted by molar-refractivity contribution is 5.27. The molecule has 0 aliphatic rings. The van der Waals surface area contributed by atoms with Gasteiger partial charge in [0.2, 0.25) is 0 Å². The van der Waals surface area contributed by atoms with E-state index in [1.165, 1.54) is 5.56 Å². The molecule has 1 aromatic heterocycles. The molecule has 5 nitrogen and oxygen atoms in total. The molecule has 2 rings (SSSR count). The average Bonchev–Trinajstić information content (AvgIpc) is 2.83. The number of nitrogens with zero attached hydrogens (tertiary/aromatic N) is 1. The first-order valence-electron chi connectivity index (χ1n) is 6.35. The molecule has 0 bridgehead atoms. The summed E-state index contributed by atoms with van der Waals surface area (Å²) in [7, 11) is 1.66. The number of aromatic nitrogens is 2. The summed E-state index contributed by atoms with van der Waals surface area (Å²) in [6, 6.07) is 8.09. The fourth-order valence-corrected chi connectivity index (χ4v) is 2.02. The van der Waals surface area contributed by atoms with Crippen molar-refractivity contribution >= 4 is 0 Å². The van der Waals surface area contributed by atoms with Crippen molar-refractivity contribution in [2.75, 3.05) is 7.11 Å². The van der Waals surface area contributed by atoms with E-state index in [0.717, 1.165) is 25.0 Å². The van der Waals surface area contributed by atoms with Crippen LogP contribution in [0.15, 0.2) is 33.6 Å². The number of rotatable bonds is 6. The fourth-order valence-electron chi connectivity index (χ4n) is 2.02. The maximum atomic E-state index is 10.8. The number of benzene rings is 1. The summed E-state index contributed by atoms with van der Waals surface area (Å²) in [6.07, 6.45) is 2.67. The van der Waals surface area contributed by atoms with Gasteiger partial charge in [-0.25, -0.2) is 4.79 Å². The maximum Gasteiger partial charge on any atom is 0.438 e. The van der Waals surface area contributed by atoms with Gasteiger partial charge in [0.05, 0.1) is 7.11 Å². The molecule has 0 aliphatic carbocycles. The minimum atomic E-state index is -0.488. The van der Waals surface area contributed by atoms with Crippen LogP contribution in [-0.4, -0.2) is 17.3 Å². The zero-order valence-electron chi connectivity index (χ0n) is 11.2. The molecule has 1 N–H and O–H groups in total. The topological polar surface area (TPSA) is 68.1 Å². The van der Waals surface area contributed by atoms with Gasteiger partial charge in [0.15, 0.2) is 5.82 Å². The number of hydrogen-bond donors (Lipinski definition) is 1. The van der Waals surface area contributed by atoms with Gasteiger partial charge < -0.3 is 4.74 Å². The van der Waals surface area contributed by atoms with E-state index in [4.69, 9.17) is 4.74 Å². The van der Waals surface area contributed by atoms with Crippen molar-refractivity contribution in [3.8, 4) is 5.75 Å². The van der Waals surface area contributed by atoms with Crippen LogP contribution in [0.25, 0.3) is 0 Å². The SMILES string of the molecule is COc1ccc(CC(C)CCc2noc(=O)[nH]2)cc1. The summed E-state index contributed by atoms with van der Waals surface area (Å²) < 4.78 is 9.59. The van der Waals surface area contributed by atoms with Gasteiger partial charge in [-0.2, -0.15) is 0 Å². The molecule has 1 atom stereocenters. The normalized spacial score (nSPS) is 12.3. The Morgan fingerprint density at radius 1 is 1.37 bits per heavy atom. The average molecular weight is 262 g/mol. The number of hydrogen-bond acceptors (Lipinski definition) is 4. The van der Waals surface area contributed by atoms with Gasteiger partial charge in [0.1, 0.15) is 5.75 Å². The van der Waals surface area contributed by atoms with E-state index < -0.39 is 5.76 Å². The molecule has 0 fully saturated rings. The molecule has 5 heteroatoms. The van der Waals surface area contributed by atoms with Crippen molar-refractivity contribution in [2.45, 2.75) is 26.2 Å². The Morgan fingerprint density at radius 2 is 2.11 bits per heavy atom. The number of methoxy groups -OCH3 is 1. The molecule has 1 unspecified atom stereocenters. The molecule has 0 radical (unpaired) electrons. The molecular formula is C14H18N2O3. The lowest BCUT2D eigenvalue weighted by atomic mass is 9.96. The van der Waals surface area contributed by atoms with E-state index in [2.05, 4.69) is 33.7 Å². The van der Waals surface area contributed by atoms with E-state index in [1.54, 1.807) is 7.11 Å². The number of aromatic amines is 1. The van der Waals surface area contributed by atoms with Gasteiger partial charge in [-0.3, -0.25) is 9.51 Å². The second kappa shape index (κ2) is 6.22. The van der Waals surface area contributed by atoms with Crippen LogP contribution in [-0.2, 0) is 12.8 Å². The minimum absolute atomic E-state index is 0.488. The third-order valence-corrected chi connectivity index (χ3v) is 3.10. The van der Waals surface area contributed by atoms with Gasteiger partial charge in [-0.05, 0) is 36.5 Å². The minimum Gasteiger partial charge on any atom is -0.497 e. The van der Waals surface area contributed by atoms with Crippen LogP contribution in [0.5, 0.6) is 5.75 Å². The van der Waals surface area contributed by atoms with E-state index >= 15 is 0 Å². The van der Waals surface area contributed by atoms with Crippen molar-refractivity contribution in [2.24, 2.45) is 5.92 Å². The van der Waals surface area contributed by atoms with E-state index in [9.17, 15) is 4.79 Å². The number of aryl methyl sites for hydroxylation is 1. The lowest BCUT2D eigenvalue weighted by Crippen LogP contribution is -2.04. The molecule has 1 aromatic carbocycles. The van der Waals surface area contributed by atoms with Gasteiger partial charge in [0, 0.05) is 6.42 Å². The van der Waals surface area contributed by atoms with Crippen LogP contribution in [0.2, 0.25) is 0 Å². The zero-order valence-corrected chi connectivity index (χ0v) is 11.2. The first-order valence-corrected chi connectivity index (χ1v) is 6.35. The number of nitrogens with one attached hydrogen (secondary N) is 1. The van der Waals surface area contributed by atoms with Crippen LogP contribution < -0.4 is 10.5 Å². The Hall–Kier alpha value is -2.04. The third-order valence-electron chi connectivity index (χ3n) is 3.10. The highest BCUT2D eigenvalue weighted by Gasteiger charge is 2.07. The molecule has 2 aromatic rings. The fraction of sp³-hybridized carbons (Fsp3) is 0.429. The van der Waals surface area contributed by atoms with Gasteiger partial charge in [0.25, 0.3) is 0 Å². The number of H-pyrrole nitrogens is 1. The van der Waals surface area contributed by atoms with E-state index in [-0.39, 0.29) is 0 Å². The van der Waals surface area contributed by atoms with E-state index in [0.29, 0.717) is 11.7 Å². The van der Waals surface area contributed by atoms with Crippen molar-refractivity contribution < 1.29 is 9.26 Å². The first kappa shape index (κ1) is 13.4. The molecule has 0 amide bonds. The predicted octanol–water partition coefficient (Wildman–Crippen LogP) is 2.18. The third kappa shape index (κ3) is 3.98. The van der Waals surface area contributed by atoms with Crippen molar-refractivity contribution in [1.29, 1.82) is 0 Å². The van der Waals surface area contributed by atoms with Gasteiger partial charge in [-0.15, -0.1) is 0 Å². The summed E-state index contributed by atoms with van der Waals surface area (Å²) in [6.45, 7) is 2.18. The summed E-state index contributed by atoms with van der Waals surface area (Å²) in [5.41, 5.74) is 1.28. The van der Waals surface area contributed by atoms with Gasteiger partial charge in [-0.1, -0.05) is 24.2 Å². The quantitative estimate of drug-likeness (QED) is 0.866. The Morgan fingerprint density at radius 3 is 2.68 bits per heavy atom. The lowest BCUT2D eigenvalue weighted by Gasteiger charge is -2.10. The monoisotopic (exact) mass is 262 g/mol. The van der Waals surface area contributed by atoms with Crippen LogP contribution >= 0.6 is 0 Å². The van der Waals surface area contributed by atoms with Crippen LogP contribution in [0.1, 0.15) is 24.7 Å². The van der Waals surface area contributed by atoms with Crippen LogP contribution in [0.3, 0.4) is 0 Å². The molecule has 1 heterocycles. The Kier molecular flexibility index (Phi) is 4.39. The maximum absolute atomic E-state index is 10.8. The second-order valence-corrected chi connectivity index (χ2v) is 4.74. The standard InChI is InChI=1S/C14H18N2O3/c1-10(3-8-13-15-14(17)19-16-13)9-11-4-6-12(18-2)7-5-11/h4-7,10H,3,8-9H2,1-2H3,(H,15,16,17). The van der Waals surface area contributed by atoms with Crippen molar-refractivity contribution in [1.82, 2.24) is 10.1 Å². The van der Waals surface area contributed by atoms with Crippen LogP contribution in [0, 0.1) is 5.92 Å². The zero-order chi connectivity index (χ0) is 13.7. The number of ether oxygens (including phenoxy) is 1. The molecular weight excluding hydrogens is 244 g/mol. The van der Waals surface area contributed by atoms with Crippen LogP contribution in [0.4, 0.5) is 0 Å². The Labute approximate surface area is 111 Å². The molecule has 0 aliphatic heterocycles. The summed E-state index contributed by atoms with van der Waals surface area (Å²) in [4.78, 5) is 13.4. The Balaban J connectivity index is 1.83. The molecule has 0 saturated carbocycles. The summed E-state index contributed by atoms with van der Waals surface area (Å²) >= 11 is 0. The molecule has 0 spiro atoms. The summed E-state index contributed by atoms with van der Waals surface area (Å²) in [5.74, 6) is 1.51. The largest absolute Gasteiger partial charge is 0.497 e.